The molecular formula is C25H32N2O2. The number of nitrogens with zero attached hydrogens (tertiary/aromatic N) is 1. The minimum absolute atomic E-state index is 0.105. The molecule has 1 saturated carbocycles. The molecule has 1 aliphatic heterocycles. The van der Waals surface area contributed by atoms with Crippen LogP contribution in [0.2, 0.25) is 0 Å². The van der Waals surface area contributed by atoms with Crippen LogP contribution in [0.3, 0.4) is 0 Å². The van der Waals surface area contributed by atoms with Crippen molar-refractivity contribution in [3.05, 3.63) is 65.7 Å². The van der Waals surface area contributed by atoms with Gasteiger partial charge >= 0.3 is 0 Å². The lowest BCUT2D eigenvalue weighted by Crippen LogP contribution is -2.41. The predicted molar refractivity (Wildman–Crippen MR) is 117 cm³/mol. The van der Waals surface area contributed by atoms with Crippen molar-refractivity contribution < 1.29 is 9.53 Å². The van der Waals surface area contributed by atoms with E-state index in [1.807, 2.05) is 59.5 Å². The van der Waals surface area contributed by atoms with Crippen molar-refractivity contribution in [2.24, 2.45) is 0 Å². The first-order valence-electron chi connectivity index (χ1n) is 11.1. The Morgan fingerprint density at radius 2 is 1.59 bits per heavy atom. The van der Waals surface area contributed by atoms with Crippen LogP contribution in [0.25, 0.3) is 0 Å². The molecule has 154 valence electrons. The molecule has 4 rings (SSSR count). The lowest BCUT2D eigenvalue weighted by atomic mass is 9.93. The fraction of sp³-hybridized carbons (Fsp3) is 0.480. The highest BCUT2D eigenvalue weighted by Crippen LogP contribution is 2.29. The maximum Gasteiger partial charge on any atom is 0.258 e. The molecule has 1 saturated heterocycles. The van der Waals surface area contributed by atoms with Crippen molar-refractivity contribution in [3.63, 3.8) is 0 Å². The maximum atomic E-state index is 13.4. The second-order valence-electron chi connectivity index (χ2n) is 8.26. The lowest BCUT2D eigenvalue weighted by molar-refractivity contribution is 0.0212. The van der Waals surface area contributed by atoms with E-state index in [0.29, 0.717) is 18.8 Å². The smallest absolute Gasteiger partial charge is 0.258 e. The Hall–Kier alpha value is -2.17. The summed E-state index contributed by atoms with van der Waals surface area (Å²) in [7, 11) is 0. The van der Waals surface area contributed by atoms with E-state index in [9.17, 15) is 4.79 Å². The van der Waals surface area contributed by atoms with E-state index in [1.165, 1.54) is 19.3 Å². The number of ether oxygens (including phenoxy) is 1. The second kappa shape index (κ2) is 10.0. The molecule has 1 amide bonds. The summed E-state index contributed by atoms with van der Waals surface area (Å²) in [4.78, 5) is 15.5. The number of benzene rings is 2. The van der Waals surface area contributed by atoms with Crippen LogP contribution in [0.15, 0.2) is 54.6 Å². The van der Waals surface area contributed by atoms with Gasteiger partial charge in [0.15, 0.2) is 0 Å². The number of para-hydroxylation sites is 1. The largest absolute Gasteiger partial charge is 0.373 e. The Kier molecular flexibility index (Phi) is 6.96. The molecule has 4 nitrogen and oxygen atoms in total. The van der Waals surface area contributed by atoms with Gasteiger partial charge in [0.2, 0.25) is 0 Å². The second-order valence-corrected chi connectivity index (χ2v) is 8.26. The quantitative estimate of drug-likeness (QED) is 0.757. The van der Waals surface area contributed by atoms with Gasteiger partial charge in [-0.15, -0.1) is 0 Å². The lowest BCUT2D eigenvalue weighted by Gasteiger charge is -2.34. The third-order valence-corrected chi connectivity index (χ3v) is 6.17. The molecule has 0 bridgehead atoms. The summed E-state index contributed by atoms with van der Waals surface area (Å²) in [5.74, 6) is 0.105. The van der Waals surface area contributed by atoms with Gasteiger partial charge in [-0.25, -0.2) is 0 Å². The van der Waals surface area contributed by atoms with Crippen LogP contribution >= 0.6 is 0 Å². The van der Waals surface area contributed by atoms with Crippen molar-refractivity contribution in [1.29, 1.82) is 0 Å². The van der Waals surface area contributed by atoms with Gasteiger partial charge in [-0.05, 0) is 68.6 Å². The number of carbonyl (C=O) groups is 1. The number of nitrogens with one attached hydrogen (secondary N) is 1. The van der Waals surface area contributed by atoms with E-state index >= 15 is 0 Å². The molecular weight excluding hydrogens is 360 g/mol. The Labute approximate surface area is 174 Å². The zero-order valence-electron chi connectivity index (χ0n) is 17.2. The van der Waals surface area contributed by atoms with Gasteiger partial charge in [-0.2, -0.15) is 0 Å². The van der Waals surface area contributed by atoms with E-state index < -0.39 is 0 Å². The molecule has 1 N–H and O–H groups in total. The third kappa shape index (κ3) is 5.26. The molecule has 0 spiro atoms. The van der Waals surface area contributed by atoms with Crippen molar-refractivity contribution >= 4 is 11.6 Å². The number of rotatable bonds is 6. The number of amides is 1. The van der Waals surface area contributed by atoms with Gasteiger partial charge in [0.1, 0.15) is 0 Å². The fourth-order valence-corrected chi connectivity index (χ4v) is 4.48. The third-order valence-electron chi connectivity index (χ3n) is 6.17. The summed E-state index contributed by atoms with van der Waals surface area (Å²) in [6.45, 7) is 2.69. The molecule has 0 unspecified atom stereocenters. The number of anilines is 1. The molecule has 4 heteroatoms. The Morgan fingerprint density at radius 1 is 0.897 bits per heavy atom. The summed E-state index contributed by atoms with van der Waals surface area (Å²) >= 11 is 0. The van der Waals surface area contributed by atoms with Crippen molar-refractivity contribution in [2.75, 3.05) is 18.0 Å². The Bertz CT molecular complexity index is 763. The van der Waals surface area contributed by atoms with E-state index in [2.05, 4.69) is 5.32 Å². The minimum Gasteiger partial charge on any atom is -0.373 e. The van der Waals surface area contributed by atoms with E-state index in [0.717, 1.165) is 55.6 Å². The number of hydrogen-bond acceptors (Lipinski definition) is 3. The molecule has 2 aromatic carbocycles. The predicted octanol–water partition coefficient (Wildman–Crippen LogP) is 4.93. The van der Waals surface area contributed by atoms with Crippen molar-refractivity contribution in [2.45, 2.75) is 63.7 Å². The molecule has 0 aromatic heterocycles. The average molecular weight is 393 g/mol. The first-order chi connectivity index (χ1) is 14.3. The van der Waals surface area contributed by atoms with Gasteiger partial charge in [0, 0.05) is 17.3 Å². The molecule has 2 aromatic rings. The van der Waals surface area contributed by atoms with E-state index in [4.69, 9.17) is 4.74 Å². The number of piperidine rings is 1. The Morgan fingerprint density at radius 3 is 2.28 bits per heavy atom. The highest BCUT2D eigenvalue weighted by atomic mass is 16.5. The van der Waals surface area contributed by atoms with Crippen LogP contribution in [-0.4, -0.2) is 31.1 Å². The monoisotopic (exact) mass is 392 g/mol. The van der Waals surface area contributed by atoms with Gasteiger partial charge in [0.25, 0.3) is 5.91 Å². The average Bonchev–Trinajstić information content (AvgIpc) is 2.80. The first kappa shape index (κ1) is 20.1. The summed E-state index contributed by atoms with van der Waals surface area (Å²) in [6, 6.07) is 18.4. The van der Waals surface area contributed by atoms with E-state index in [-0.39, 0.29) is 5.91 Å². The van der Waals surface area contributed by atoms with Crippen LogP contribution in [0.4, 0.5) is 5.69 Å². The van der Waals surface area contributed by atoms with E-state index in [1.54, 1.807) is 0 Å². The molecule has 1 aliphatic carbocycles. The maximum absolute atomic E-state index is 13.4. The molecule has 2 fully saturated rings. The highest BCUT2D eigenvalue weighted by molar-refractivity contribution is 6.06. The van der Waals surface area contributed by atoms with Crippen molar-refractivity contribution in [3.8, 4) is 0 Å². The molecule has 29 heavy (non-hydrogen) atoms. The first-order valence-corrected chi connectivity index (χ1v) is 11.1. The minimum atomic E-state index is 0.105. The number of hydrogen-bond donors (Lipinski definition) is 1. The van der Waals surface area contributed by atoms with Gasteiger partial charge < -0.3 is 15.0 Å². The number of carbonyl (C=O) groups excluding carboxylic acids is 1. The van der Waals surface area contributed by atoms with Crippen LogP contribution in [0.5, 0.6) is 0 Å². The van der Waals surface area contributed by atoms with Crippen LogP contribution in [0, 0.1) is 0 Å². The zero-order valence-corrected chi connectivity index (χ0v) is 17.2. The van der Waals surface area contributed by atoms with Crippen LogP contribution in [0.1, 0.15) is 60.9 Å². The summed E-state index contributed by atoms with van der Waals surface area (Å²) in [5, 5.41) is 3.36. The van der Waals surface area contributed by atoms with Crippen LogP contribution < -0.4 is 10.2 Å². The molecule has 2 aliphatic rings. The molecule has 1 heterocycles. The zero-order chi connectivity index (χ0) is 19.9. The fourth-order valence-electron chi connectivity index (χ4n) is 4.48. The van der Waals surface area contributed by atoms with Crippen molar-refractivity contribution in [1.82, 2.24) is 5.32 Å². The molecule has 0 atom stereocenters. The standard InChI is InChI=1S/C25H32N2O2/c28-25(27(22-7-3-1-4-8-22)23-9-5-2-6-10-23)21-13-11-20(12-14-21)19-29-24-15-17-26-18-16-24/h1,3-4,7-8,11-14,23-24,26H,2,5-6,9-10,15-19H2. The Balaban J connectivity index is 1.45. The molecule has 0 radical (unpaired) electrons. The van der Waals surface area contributed by atoms with Gasteiger partial charge in [0.05, 0.1) is 12.7 Å². The summed E-state index contributed by atoms with van der Waals surface area (Å²) in [6.07, 6.45) is 8.35. The summed E-state index contributed by atoms with van der Waals surface area (Å²) in [5.41, 5.74) is 2.89. The van der Waals surface area contributed by atoms with Crippen LogP contribution in [-0.2, 0) is 11.3 Å². The normalized spacial score (nSPS) is 18.5. The van der Waals surface area contributed by atoms with Gasteiger partial charge in [-0.1, -0.05) is 49.6 Å². The SMILES string of the molecule is O=C(c1ccc(COC2CCNCC2)cc1)N(c1ccccc1)C1CCCCC1. The summed E-state index contributed by atoms with van der Waals surface area (Å²) < 4.78 is 6.05. The topological polar surface area (TPSA) is 41.6 Å². The highest BCUT2D eigenvalue weighted by Gasteiger charge is 2.27. The van der Waals surface area contributed by atoms with Gasteiger partial charge in [-0.3, -0.25) is 4.79 Å².